The summed E-state index contributed by atoms with van der Waals surface area (Å²) in [6.45, 7) is 0. The zero-order chi connectivity index (χ0) is 29.4. The second-order valence-corrected chi connectivity index (χ2v) is 12.2. The molecule has 212 valence electrons. The van der Waals surface area contributed by atoms with E-state index in [0.717, 1.165) is 53.1 Å². The van der Waals surface area contributed by atoms with Gasteiger partial charge in [0.15, 0.2) is 5.17 Å². The van der Waals surface area contributed by atoms with Crippen LogP contribution >= 0.6 is 39.5 Å². The Hall–Kier alpha value is -3.41. The first-order valence-electron chi connectivity index (χ1n) is 12.7. The Morgan fingerprint density at radius 3 is 2.32 bits per heavy atom. The van der Waals surface area contributed by atoms with Crippen LogP contribution in [0.15, 0.2) is 81.5 Å². The quantitative estimate of drug-likeness (QED) is 0.0794. The molecule has 0 aliphatic carbocycles. The standard InChI is InChI=1S/C30H26BrFN2O5S2/c31-27(29(38)39)23-14-11-21(17-24(23)32)33-30-34-28(37)25(41-30)16-18-5-7-19(8-6-18)20-9-12-22(13-10-20)40-15-3-1-2-4-26(35)36/h5-14,16-17,27H,1-4,15H2,(H,35,36)(H,38,39)(H,33,34,37). The van der Waals surface area contributed by atoms with E-state index in [4.69, 9.17) is 10.2 Å². The van der Waals surface area contributed by atoms with E-state index < -0.39 is 22.6 Å². The number of alkyl halides is 1. The zero-order valence-corrected chi connectivity index (χ0v) is 24.9. The van der Waals surface area contributed by atoms with E-state index in [0.29, 0.717) is 16.5 Å². The number of hydrogen-bond acceptors (Lipinski definition) is 6. The van der Waals surface area contributed by atoms with Gasteiger partial charge in [-0.05, 0) is 77.4 Å². The molecule has 0 aromatic heterocycles. The number of carboxylic acids is 2. The maximum Gasteiger partial charge on any atom is 0.321 e. The molecule has 1 atom stereocenters. The highest BCUT2D eigenvalue weighted by Gasteiger charge is 2.24. The van der Waals surface area contributed by atoms with Crippen LogP contribution in [0.1, 0.15) is 41.6 Å². The molecule has 11 heteroatoms. The predicted molar refractivity (Wildman–Crippen MR) is 165 cm³/mol. The number of halogens is 2. The van der Waals surface area contributed by atoms with E-state index in [1.807, 2.05) is 24.3 Å². The van der Waals surface area contributed by atoms with Gasteiger partial charge in [-0.1, -0.05) is 64.8 Å². The second-order valence-electron chi connectivity index (χ2n) is 9.09. The van der Waals surface area contributed by atoms with E-state index in [1.165, 1.54) is 17.0 Å². The summed E-state index contributed by atoms with van der Waals surface area (Å²) in [5, 5.41) is 20.7. The SMILES string of the molecule is O=C(O)CCCCCSc1ccc(-c2ccc(C=C3SC(=Nc4ccc(C(Br)C(=O)O)c(F)c4)NC3=O)cc2)cc1. The van der Waals surface area contributed by atoms with Gasteiger partial charge in [-0.15, -0.1) is 11.8 Å². The highest BCUT2D eigenvalue weighted by atomic mass is 79.9. The summed E-state index contributed by atoms with van der Waals surface area (Å²) < 4.78 is 14.4. The first kappa shape index (κ1) is 30.5. The summed E-state index contributed by atoms with van der Waals surface area (Å²) in [6.07, 6.45) is 4.60. The monoisotopic (exact) mass is 656 g/mol. The number of carboxylic acid groups (broad SMARTS) is 2. The van der Waals surface area contributed by atoms with Crippen molar-refractivity contribution in [2.45, 2.75) is 35.4 Å². The van der Waals surface area contributed by atoms with Gasteiger partial charge >= 0.3 is 11.9 Å². The van der Waals surface area contributed by atoms with Crippen molar-refractivity contribution >= 4 is 74.2 Å². The number of aliphatic carboxylic acids is 2. The smallest absolute Gasteiger partial charge is 0.321 e. The number of nitrogens with one attached hydrogen (secondary N) is 1. The average molecular weight is 658 g/mol. The average Bonchev–Trinajstić information content (AvgIpc) is 3.28. The number of carbonyl (C=O) groups is 3. The molecule has 0 saturated carbocycles. The molecule has 0 bridgehead atoms. The number of amides is 1. The summed E-state index contributed by atoms with van der Waals surface area (Å²) in [5.41, 5.74) is 3.21. The lowest BCUT2D eigenvalue weighted by atomic mass is 10.0. The number of amidine groups is 1. The number of thioether (sulfide) groups is 2. The molecule has 1 heterocycles. The van der Waals surface area contributed by atoms with E-state index in [2.05, 4.69) is 50.5 Å². The number of hydrogen-bond donors (Lipinski definition) is 3. The van der Waals surface area contributed by atoms with Crippen LogP contribution in [0.4, 0.5) is 10.1 Å². The number of rotatable bonds is 12. The minimum absolute atomic E-state index is 0.00912. The van der Waals surface area contributed by atoms with Gasteiger partial charge in [0.1, 0.15) is 10.6 Å². The second kappa shape index (κ2) is 14.5. The largest absolute Gasteiger partial charge is 0.481 e. The Labute approximate surface area is 253 Å². The topological polar surface area (TPSA) is 116 Å². The van der Waals surface area contributed by atoms with Crippen molar-refractivity contribution < 1.29 is 29.0 Å². The van der Waals surface area contributed by atoms with E-state index >= 15 is 0 Å². The fourth-order valence-electron chi connectivity index (χ4n) is 3.93. The van der Waals surface area contributed by atoms with Gasteiger partial charge < -0.3 is 15.5 Å². The molecule has 0 spiro atoms. The third-order valence-corrected chi connectivity index (χ3v) is 8.95. The molecular weight excluding hydrogens is 631 g/mol. The van der Waals surface area contributed by atoms with Crippen molar-refractivity contribution in [3.63, 3.8) is 0 Å². The normalized spacial score (nSPS) is 15.7. The lowest BCUT2D eigenvalue weighted by Gasteiger charge is -2.07. The van der Waals surface area contributed by atoms with Gasteiger partial charge in [0.05, 0.1) is 10.6 Å². The van der Waals surface area contributed by atoms with E-state index in [-0.39, 0.29) is 23.6 Å². The molecule has 1 fully saturated rings. The Balaban J connectivity index is 1.34. The molecule has 1 amide bonds. The molecule has 3 N–H and O–H groups in total. The van der Waals surface area contributed by atoms with Crippen molar-refractivity contribution in [1.82, 2.24) is 5.32 Å². The molecule has 7 nitrogen and oxygen atoms in total. The van der Waals surface area contributed by atoms with Crippen LogP contribution in [-0.4, -0.2) is 39.0 Å². The maximum atomic E-state index is 14.4. The molecule has 1 saturated heterocycles. The highest BCUT2D eigenvalue weighted by molar-refractivity contribution is 9.09. The van der Waals surface area contributed by atoms with Crippen LogP contribution in [0.5, 0.6) is 0 Å². The van der Waals surface area contributed by atoms with E-state index in [9.17, 15) is 18.8 Å². The van der Waals surface area contributed by atoms with Crippen molar-refractivity contribution in [2.75, 3.05) is 5.75 Å². The number of benzene rings is 3. The molecule has 3 aromatic carbocycles. The third-order valence-electron chi connectivity index (χ3n) is 6.06. The van der Waals surface area contributed by atoms with Crippen LogP contribution in [-0.2, 0) is 14.4 Å². The number of nitrogens with zero attached hydrogens (tertiary/aromatic N) is 1. The molecule has 3 aromatic rings. The minimum Gasteiger partial charge on any atom is -0.481 e. The Morgan fingerprint density at radius 2 is 1.68 bits per heavy atom. The molecule has 1 aliphatic rings. The lowest BCUT2D eigenvalue weighted by Crippen LogP contribution is -2.19. The zero-order valence-electron chi connectivity index (χ0n) is 21.7. The molecule has 41 heavy (non-hydrogen) atoms. The van der Waals surface area contributed by atoms with Gasteiger partial charge in [-0.2, -0.15) is 0 Å². The van der Waals surface area contributed by atoms with Crippen LogP contribution in [0.2, 0.25) is 0 Å². The lowest BCUT2D eigenvalue weighted by molar-refractivity contribution is -0.137. The predicted octanol–water partition coefficient (Wildman–Crippen LogP) is 7.64. The van der Waals surface area contributed by atoms with Gasteiger partial charge in [0.25, 0.3) is 5.91 Å². The molecule has 4 rings (SSSR count). The minimum atomic E-state index is -1.20. The molecule has 1 unspecified atom stereocenters. The highest BCUT2D eigenvalue weighted by Crippen LogP contribution is 2.32. The summed E-state index contributed by atoms with van der Waals surface area (Å²) in [5.74, 6) is -2.01. The van der Waals surface area contributed by atoms with Crippen LogP contribution in [0, 0.1) is 5.82 Å². The van der Waals surface area contributed by atoms with Crippen molar-refractivity contribution in [3.05, 3.63) is 88.6 Å². The number of unbranched alkanes of at least 4 members (excludes halogenated alkanes) is 2. The summed E-state index contributed by atoms with van der Waals surface area (Å²) in [4.78, 5) is 38.9. The number of carbonyl (C=O) groups excluding carboxylic acids is 1. The Bertz CT molecular complexity index is 1490. The Kier molecular flexibility index (Phi) is 10.8. The summed E-state index contributed by atoms with van der Waals surface area (Å²) in [6, 6.07) is 20.1. The molecular formula is C30H26BrFN2O5S2. The van der Waals surface area contributed by atoms with Crippen molar-refractivity contribution in [3.8, 4) is 11.1 Å². The molecule has 0 radical (unpaired) electrons. The van der Waals surface area contributed by atoms with Crippen LogP contribution < -0.4 is 5.32 Å². The Morgan fingerprint density at radius 1 is 1.00 bits per heavy atom. The summed E-state index contributed by atoms with van der Waals surface area (Å²) in [7, 11) is 0. The number of aliphatic imine (C=N–C) groups is 1. The maximum absolute atomic E-state index is 14.4. The van der Waals surface area contributed by atoms with E-state index in [1.54, 1.807) is 17.8 Å². The van der Waals surface area contributed by atoms with Gasteiger partial charge in [0, 0.05) is 16.9 Å². The fourth-order valence-corrected chi connectivity index (χ4v) is 6.06. The third kappa shape index (κ3) is 8.79. The first-order chi connectivity index (χ1) is 19.7. The van der Waals surface area contributed by atoms with Crippen molar-refractivity contribution in [2.24, 2.45) is 4.99 Å². The van der Waals surface area contributed by atoms with Gasteiger partial charge in [-0.3, -0.25) is 14.4 Å². The van der Waals surface area contributed by atoms with Crippen LogP contribution in [0.25, 0.3) is 17.2 Å². The van der Waals surface area contributed by atoms with Gasteiger partial charge in [0.2, 0.25) is 0 Å². The summed E-state index contributed by atoms with van der Waals surface area (Å²) >= 11 is 5.84. The molecule has 1 aliphatic heterocycles. The van der Waals surface area contributed by atoms with Crippen LogP contribution in [0.3, 0.4) is 0 Å². The van der Waals surface area contributed by atoms with Crippen molar-refractivity contribution in [1.29, 1.82) is 0 Å². The first-order valence-corrected chi connectivity index (χ1v) is 15.4. The fraction of sp³-hybridized carbons (Fsp3) is 0.200. The van der Waals surface area contributed by atoms with Gasteiger partial charge in [-0.25, -0.2) is 9.38 Å².